The van der Waals surface area contributed by atoms with Crippen molar-refractivity contribution in [2.45, 2.75) is 45.2 Å². The van der Waals surface area contributed by atoms with E-state index in [2.05, 4.69) is 25.2 Å². The third kappa shape index (κ3) is 2.93. The summed E-state index contributed by atoms with van der Waals surface area (Å²) in [6.07, 6.45) is 3.42. The molecule has 0 aromatic heterocycles. The van der Waals surface area contributed by atoms with Crippen LogP contribution in [0.25, 0.3) is 0 Å². The molecule has 1 fully saturated rings. The average molecular weight is 263 g/mol. The van der Waals surface area contributed by atoms with Crippen LogP contribution in [0.3, 0.4) is 0 Å². The summed E-state index contributed by atoms with van der Waals surface area (Å²) in [5.41, 5.74) is 1.19. The molecule has 1 aromatic rings. The maximum absolute atomic E-state index is 9.62. The molecule has 106 valence electrons. The Morgan fingerprint density at radius 2 is 2.21 bits per heavy atom. The van der Waals surface area contributed by atoms with Gasteiger partial charge in [0.2, 0.25) is 0 Å². The maximum atomic E-state index is 9.62. The van der Waals surface area contributed by atoms with Gasteiger partial charge in [-0.3, -0.25) is 0 Å². The van der Waals surface area contributed by atoms with E-state index in [-0.39, 0.29) is 18.1 Å². The molecule has 0 amide bonds. The largest absolute Gasteiger partial charge is 0.496 e. The molecule has 0 bridgehead atoms. The van der Waals surface area contributed by atoms with E-state index in [0.717, 1.165) is 18.6 Å². The first-order chi connectivity index (χ1) is 9.10. The zero-order valence-corrected chi connectivity index (χ0v) is 12.1. The first kappa shape index (κ1) is 14.4. The molecule has 1 aliphatic rings. The van der Waals surface area contributed by atoms with E-state index >= 15 is 0 Å². The highest BCUT2D eigenvalue weighted by Gasteiger charge is 2.38. The van der Waals surface area contributed by atoms with Crippen molar-refractivity contribution in [3.05, 3.63) is 29.8 Å². The summed E-state index contributed by atoms with van der Waals surface area (Å²) in [5, 5.41) is 13.3. The SMILES string of the molecule is COc1ccccc1C(C)NC1CCCC1(C)CO. The summed E-state index contributed by atoms with van der Waals surface area (Å²) in [7, 11) is 1.71. The molecule has 3 nitrogen and oxygen atoms in total. The highest BCUT2D eigenvalue weighted by atomic mass is 16.5. The molecule has 3 unspecified atom stereocenters. The zero-order chi connectivity index (χ0) is 13.9. The molecule has 1 saturated carbocycles. The van der Waals surface area contributed by atoms with Crippen LogP contribution in [-0.2, 0) is 0 Å². The van der Waals surface area contributed by atoms with Crippen molar-refractivity contribution in [1.82, 2.24) is 5.32 Å². The Kier molecular flexibility index (Phi) is 4.48. The van der Waals surface area contributed by atoms with Crippen LogP contribution in [0.2, 0.25) is 0 Å². The Hall–Kier alpha value is -1.06. The van der Waals surface area contributed by atoms with Gasteiger partial charge in [-0.1, -0.05) is 31.5 Å². The van der Waals surface area contributed by atoms with E-state index in [1.165, 1.54) is 12.0 Å². The van der Waals surface area contributed by atoms with Crippen molar-refractivity contribution in [3.63, 3.8) is 0 Å². The predicted molar refractivity (Wildman–Crippen MR) is 77.4 cm³/mol. The lowest BCUT2D eigenvalue weighted by Crippen LogP contribution is -2.42. The van der Waals surface area contributed by atoms with Gasteiger partial charge in [0.1, 0.15) is 5.75 Å². The smallest absolute Gasteiger partial charge is 0.123 e. The number of methoxy groups -OCH3 is 1. The Morgan fingerprint density at radius 1 is 1.47 bits per heavy atom. The van der Waals surface area contributed by atoms with E-state index in [1.807, 2.05) is 18.2 Å². The van der Waals surface area contributed by atoms with Gasteiger partial charge < -0.3 is 15.2 Å². The molecule has 3 atom stereocenters. The molecule has 0 radical (unpaired) electrons. The van der Waals surface area contributed by atoms with Crippen molar-refractivity contribution in [1.29, 1.82) is 0 Å². The molecule has 19 heavy (non-hydrogen) atoms. The lowest BCUT2D eigenvalue weighted by atomic mass is 9.85. The van der Waals surface area contributed by atoms with Crippen molar-refractivity contribution >= 4 is 0 Å². The summed E-state index contributed by atoms with van der Waals surface area (Å²) < 4.78 is 5.42. The summed E-state index contributed by atoms with van der Waals surface area (Å²) in [6, 6.07) is 8.72. The van der Waals surface area contributed by atoms with Gasteiger partial charge in [0.15, 0.2) is 0 Å². The van der Waals surface area contributed by atoms with Crippen LogP contribution < -0.4 is 10.1 Å². The van der Waals surface area contributed by atoms with Gasteiger partial charge in [0, 0.05) is 29.7 Å². The number of aliphatic hydroxyl groups is 1. The molecule has 0 heterocycles. The highest BCUT2D eigenvalue weighted by Crippen LogP contribution is 2.39. The lowest BCUT2D eigenvalue weighted by Gasteiger charge is -2.33. The quantitative estimate of drug-likeness (QED) is 0.858. The molecule has 0 spiro atoms. The summed E-state index contributed by atoms with van der Waals surface area (Å²) in [5.74, 6) is 0.922. The number of benzene rings is 1. The molecule has 0 saturated heterocycles. The minimum absolute atomic E-state index is 0.0102. The average Bonchev–Trinajstić information content (AvgIpc) is 2.80. The Morgan fingerprint density at radius 3 is 2.89 bits per heavy atom. The van der Waals surface area contributed by atoms with E-state index in [1.54, 1.807) is 7.11 Å². The van der Waals surface area contributed by atoms with E-state index in [9.17, 15) is 5.11 Å². The molecular formula is C16H25NO2. The van der Waals surface area contributed by atoms with Gasteiger partial charge in [-0.2, -0.15) is 0 Å². The molecule has 2 N–H and O–H groups in total. The molecule has 2 rings (SSSR count). The van der Waals surface area contributed by atoms with Crippen molar-refractivity contribution in [2.75, 3.05) is 13.7 Å². The number of hydrogen-bond acceptors (Lipinski definition) is 3. The van der Waals surface area contributed by atoms with E-state index in [4.69, 9.17) is 4.74 Å². The summed E-state index contributed by atoms with van der Waals surface area (Å²) >= 11 is 0. The number of para-hydroxylation sites is 1. The van der Waals surface area contributed by atoms with Gasteiger partial charge in [0.05, 0.1) is 7.11 Å². The van der Waals surface area contributed by atoms with Crippen LogP contribution in [0.4, 0.5) is 0 Å². The molecule has 1 aliphatic carbocycles. The van der Waals surface area contributed by atoms with Crippen molar-refractivity contribution in [2.24, 2.45) is 5.41 Å². The van der Waals surface area contributed by atoms with E-state index in [0.29, 0.717) is 6.04 Å². The van der Waals surface area contributed by atoms with Gasteiger partial charge >= 0.3 is 0 Å². The Bertz CT molecular complexity index is 421. The second kappa shape index (κ2) is 5.93. The van der Waals surface area contributed by atoms with Crippen LogP contribution in [-0.4, -0.2) is 24.9 Å². The Labute approximate surface area is 116 Å². The molecular weight excluding hydrogens is 238 g/mol. The van der Waals surface area contributed by atoms with Crippen LogP contribution in [0.5, 0.6) is 5.75 Å². The lowest BCUT2D eigenvalue weighted by molar-refractivity contribution is 0.114. The van der Waals surface area contributed by atoms with Gasteiger partial charge in [0.25, 0.3) is 0 Å². The fourth-order valence-corrected chi connectivity index (χ4v) is 3.12. The monoisotopic (exact) mass is 263 g/mol. The Balaban J connectivity index is 2.10. The maximum Gasteiger partial charge on any atom is 0.123 e. The molecule has 3 heteroatoms. The second-order valence-electron chi connectivity index (χ2n) is 5.89. The highest BCUT2D eigenvalue weighted by molar-refractivity contribution is 5.35. The van der Waals surface area contributed by atoms with Crippen LogP contribution in [0, 0.1) is 5.41 Å². The van der Waals surface area contributed by atoms with Crippen molar-refractivity contribution < 1.29 is 9.84 Å². The summed E-state index contributed by atoms with van der Waals surface area (Å²) in [4.78, 5) is 0. The van der Waals surface area contributed by atoms with Gasteiger partial charge in [-0.15, -0.1) is 0 Å². The van der Waals surface area contributed by atoms with Gasteiger partial charge in [-0.25, -0.2) is 0 Å². The van der Waals surface area contributed by atoms with Crippen LogP contribution in [0.1, 0.15) is 44.7 Å². The third-order valence-corrected chi connectivity index (χ3v) is 4.50. The van der Waals surface area contributed by atoms with E-state index < -0.39 is 0 Å². The number of aliphatic hydroxyl groups excluding tert-OH is 1. The number of rotatable bonds is 5. The third-order valence-electron chi connectivity index (χ3n) is 4.50. The normalized spacial score (nSPS) is 28.3. The number of ether oxygens (including phenoxy) is 1. The topological polar surface area (TPSA) is 41.5 Å². The van der Waals surface area contributed by atoms with Crippen LogP contribution >= 0.6 is 0 Å². The van der Waals surface area contributed by atoms with Crippen LogP contribution in [0.15, 0.2) is 24.3 Å². The minimum atomic E-state index is 0.0102. The fraction of sp³-hybridized carbons (Fsp3) is 0.625. The van der Waals surface area contributed by atoms with Gasteiger partial charge in [-0.05, 0) is 25.8 Å². The zero-order valence-electron chi connectivity index (χ0n) is 12.1. The fourth-order valence-electron chi connectivity index (χ4n) is 3.12. The van der Waals surface area contributed by atoms with Crippen molar-refractivity contribution in [3.8, 4) is 5.75 Å². The first-order valence-corrected chi connectivity index (χ1v) is 7.10. The molecule has 0 aliphatic heterocycles. The standard InChI is InChI=1S/C16H25NO2/c1-12(13-7-4-5-8-14(13)19-3)17-15-9-6-10-16(15,2)11-18/h4-5,7-8,12,15,17-18H,6,9-11H2,1-3H3. The molecule has 1 aromatic carbocycles. The number of hydrogen-bond donors (Lipinski definition) is 2. The predicted octanol–water partition coefficient (Wildman–Crippen LogP) is 2.90. The summed E-state index contributed by atoms with van der Waals surface area (Å²) in [6.45, 7) is 4.59. The second-order valence-corrected chi connectivity index (χ2v) is 5.89. The first-order valence-electron chi connectivity index (χ1n) is 7.10. The number of nitrogens with one attached hydrogen (secondary N) is 1. The minimum Gasteiger partial charge on any atom is -0.496 e.